The van der Waals surface area contributed by atoms with Gasteiger partial charge in [0, 0.05) is 44.8 Å². The van der Waals surface area contributed by atoms with Crippen LogP contribution in [-0.4, -0.2) is 9.55 Å². The molecule has 0 bridgehead atoms. The molecular formula is C63H44N4. The topological polar surface area (TPSA) is 24.3 Å². The maximum absolute atomic E-state index is 5.20. The summed E-state index contributed by atoms with van der Waals surface area (Å²) in [7, 11) is 0. The second-order valence-electron chi connectivity index (χ2n) is 16.8. The summed E-state index contributed by atoms with van der Waals surface area (Å²) in [6.07, 6.45) is 0. The first-order valence-electron chi connectivity index (χ1n) is 22.8. The van der Waals surface area contributed by atoms with Gasteiger partial charge >= 0.3 is 0 Å². The van der Waals surface area contributed by atoms with Crippen molar-refractivity contribution < 1.29 is 0 Å². The zero-order chi connectivity index (χ0) is 44.5. The molecule has 0 fully saturated rings. The lowest BCUT2D eigenvalue weighted by molar-refractivity contribution is 1.10. The van der Waals surface area contributed by atoms with E-state index in [1.54, 1.807) is 0 Å². The van der Waals surface area contributed by atoms with E-state index < -0.39 is 0 Å². The Bertz CT molecular complexity index is 3640. The van der Waals surface area contributed by atoms with E-state index in [1.165, 1.54) is 21.5 Å². The Morgan fingerprint density at radius 1 is 0.284 bits per heavy atom. The summed E-state index contributed by atoms with van der Waals surface area (Å²) in [5, 5.41) is 4.86. The Labute approximate surface area is 390 Å². The van der Waals surface area contributed by atoms with Gasteiger partial charge in [-0.05, 0) is 118 Å². The highest BCUT2D eigenvalue weighted by molar-refractivity contribution is 6.00. The van der Waals surface area contributed by atoms with Crippen molar-refractivity contribution in [2.75, 3.05) is 9.80 Å². The molecule has 0 aliphatic heterocycles. The highest BCUT2D eigenvalue weighted by Crippen LogP contribution is 2.42. The number of benzene rings is 11. The Morgan fingerprint density at radius 3 is 1.16 bits per heavy atom. The molecule has 0 saturated heterocycles. The van der Waals surface area contributed by atoms with Gasteiger partial charge < -0.3 is 9.80 Å². The van der Waals surface area contributed by atoms with Gasteiger partial charge in [0.1, 0.15) is 5.82 Å². The molecule has 0 saturated carbocycles. The minimum atomic E-state index is 0.906. The van der Waals surface area contributed by atoms with E-state index in [-0.39, 0.29) is 0 Å². The van der Waals surface area contributed by atoms with E-state index in [0.717, 1.165) is 84.5 Å². The van der Waals surface area contributed by atoms with Crippen LogP contribution in [0.5, 0.6) is 0 Å². The number of hydrogen-bond donors (Lipinski definition) is 0. The molecule has 11 aromatic carbocycles. The lowest BCUT2D eigenvalue weighted by atomic mass is 10.0. The van der Waals surface area contributed by atoms with Crippen LogP contribution in [0, 0.1) is 0 Å². The first-order chi connectivity index (χ1) is 33.2. The van der Waals surface area contributed by atoms with Gasteiger partial charge in [-0.3, -0.25) is 4.57 Å². The number of para-hydroxylation sites is 4. The average molecular weight is 857 g/mol. The van der Waals surface area contributed by atoms with Crippen LogP contribution in [0.25, 0.3) is 71.9 Å². The number of anilines is 6. The molecule has 0 unspecified atom stereocenters. The highest BCUT2D eigenvalue weighted by Gasteiger charge is 2.19. The van der Waals surface area contributed by atoms with Crippen LogP contribution in [0.3, 0.4) is 0 Å². The molecule has 0 atom stereocenters. The predicted molar refractivity (Wildman–Crippen MR) is 282 cm³/mol. The van der Waals surface area contributed by atoms with Gasteiger partial charge in [0.05, 0.1) is 22.4 Å². The van der Waals surface area contributed by atoms with E-state index in [9.17, 15) is 0 Å². The largest absolute Gasteiger partial charge is 0.310 e. The number of hydrogen-bond acceptors (Lipinski definition) is 3. The van der Waals surface area contributed by atoms with Gasteiger partial charge in [-0.25, -0.2) is 4.98 Å². The molecule has 1 heterocycles. The second-order valence-corrected chi connectivity index (χ2v) is 16.8. The van der Waals surface area contributed by atoms with Crippen molar-refractivity contribution in [3.05, 3.63) is 267 Å². The van der Waals surface area contributed by atoms with E-state index in [2.05, 4.69) is 281 Å². The van der Waals surface area contributed by atoms with Gasteiger partial charge in [0.2, 0.25) is 0 Å². The molecule has 12 aromatic rings. The van der Waals surface area contributed by atoms with Crippen molar-refractivity contribution in [2.24, 2.45) is 0 Å². The van der Waals surface area contributed by atoms with Gasteiger partial charge in [0.15, 0.2) is 0 Å². The van der Waals surface area contributed by atoms with Gasteiger partial charge in [-0.15, -0.1) is 0 Å². The van der Waals surface area contributed by atoms with E-state index >= 15 is 0 Å². The number of aromatic nitrogens is 2. The Kier molecular flexibility index (Phi) is 10.2. The van der Waals surface area contributed by atoms with Gasteiger partial charge in [-0.1, -0.05) is 182 Å². The standard InChI is InChI=1S/C63H44N4/c1-3-19-52(20-4-1)65(60-27-13-17-49-15-7-9-23-57(49)60)54-39-33-46(34-40-54)45-29-31-51(32-30-45)63-64-59-25-11-12-26-62(59)67(63)56-43-37-48(38-44-56)47-35-41-55(42-36-47)66(53-21-5-2-6-22-53)61-28-14-18-50-16-8-10-24-58(50)61/h1-44H. The van der Waals surface area contributed by atoms with Crippen LogP contribution in [0.4, 0.5) is 34.1 Å². The van der Waals surface area contributed by atoms with E-state index in [1.807, 2.05) is 0 Å². The summed E-state index contributed by atoms with van der Waals surface area (Å²) in [5.41, 5.74) is 15.5. The van der Waals surface area contributed by atoms with Crippen LogP contribution in [0.1, 0.15) is 0 Å². The zero-order valence-corrected chi connectivity index (χ0v) is 36.7. The number of imidazole rings is 1. The van der Waals surface area contributed by atoms with Crippen molar-refractivity contribution in [1.29, 1.82) is 0 Å². The lowest BCUT2D eigenvalue weighted by Gasteiger charge is -2.27. The third-order valence-corrected chi connectivity index (χ3v) is 12.8. The first kappa shape index (κ1) is 39.6. The molecular weight excluding hydrogens is 813 g/mol. The maximum Gasteiger partial charge on any atom is 0.145 e. The van der Waals surface area contributed by atoms with Crippen LogP contribution >= 0.6 is 0 Å². The van der Waals surface area contributed by atoms with Crippen molar-refractivity contribution in [1.82, 2.24) is 9.55 Å². The van der Waals surface area contributed by atoms with Crippen LogP contribution in [0.15, 0.2) is 267 Å². The van der Waals surface area contributed by atoms with Gasteiger partial charge in [-0.2, -0.15) is 0 Å². The maximum atomic E-state index is 5.20. The Balaban J connectivity index is 0.834. The highest BCUT2D eigenvalue weighted by atomic mass is 15.1. The SMILES string of the molecule is c1ccc(N(c2ccc(-c3ccc(-c4nc5ccccc5n4-c4ccc(-c5ccc(N(c6ccccc6)c6cccc7ccccc67)cc5)cc4)cc3)cc2)c2cccc3ccccc23)cc1. The summed E-state index contributed by atoms with van der Waals surface area (Å²) in [6.45, 7) is 0. The summed E-state index contributed by atoms with van der Waals surface area (Å²) in [5.74, 6) is 0.906. The number of rotatable bonds is 10. The molecule has 0 N–H and O–H groups in total. The molecule has 0 spiro atoms. The third kappa shape index (κ3) is 7.47. The van der Waals surface area contributed by atoms with Crippen molar-refractivity contribution in [2.45, 2.75) is 0 Å². The van der Waals surface area contributed by atoms with Gasteiger partial charge in [0.25, 0.3) is 0 Å². The molecule has 0 aliphatic rings. The fraction of sp³-hybridized carbons (Fsp3) is 0. The Hall–Kier alpha value is -8.99. The number of fused-ring (bicyclic) bond motifs is 3. The van der Waals surface area contributed by atoms with Crippen LogP contribution in [-0.2, 0) is 0 Å². The fourth-order valence-electron chi connectivity index (χ4n) is 9.52. The molecule has 4 heteroatoms. The molecule has 0 radical (unpaired) electrons. The molecule has 67 heavy (non-hydrogen) atoms. The van der Waals surface area contributed by atoms with Crippen molar-refractivity contribution >= 4 is 66.7 Å². The van der Waals surface area contributed by atoms with E-state index in [4.69, 9.17) is 4.98 Å². The zero-order valence-electron chi connectivity index (χ0n) is 36.7. The summed E-state index contributed by atoms with van der Waals surface area (Å²) >= 11 is 0. The van der Waals surface area contributed by atoms with Crippen molar-refractivity contribution in [3.63, 3.8) is 0 Å². The third-order valence-electron chi connectivity index (χ3n) is 12.8. The predicted octanol–water partition coefficient (Wildman–Crippen LogP) is 17.3. The molecule has 12 rings (SSSR count). The normalized spacial score (nSPS) is 11.3. The lowest BCUT2D eigenvalue weighted by Crippen LogP contribution is -2.10. The fourth-order valence-corrected chi connectivity index (χ4v) is 9.52. The molecule has 0 amide bonds. The molecule has 316 valence electrons. The van der Waals surface area contributed by atoms with E-state index in [0.29, 0.717) is 0 Å². The number of nitrogens with zero attached hydrogens (tertiary/aromatic N) is 4. The molecule has 0 aliphatic carbocycles. The minimum absolute atomic E-state index is 0.906. The summed E-state index contributed by atoms with van der Waals surface area (Å²) in [4.78, 5) is 9.89. The summed E-state index contributed by atoms with van der Waals surface area (Å²) < 4.78 is 2.28. The summed E-state index contributed by atoms with van der Waals surface area (Å²) in [6, 6.07) is 95.3. The Morgan fingerprint density at radius 2 is 0.657 bits per heavy atom. The van der Waals surface area contributed by atoms with Crippen LogP contribution in [0.2, 0.25) is 0 Å². The second kappa shape index (κ2) is 17.2. The average Bonchev–Trinajstić information content (AvgIpc) is 3.80. The quantitative estimate of drug-likeness (QED) is 0.137. The molecule has 1 aromatic heterocycles. The van der Waals surface area contributed by atoms with Crippen LogP contribution < -0.4 is 9.80 Å². The molecule has 4 nitrogen and oxygen atoms in total. The first-order valence-corrected chi connectivity index (χ1v) is 22.8. The smallest absolute Gasteiger partial charge is 0.145 e. The van der Waals surface area contributed by atoms with Crippen molar-refractivity contribution in [3.8, 4) is 39.3 Å². The minimum Gasteiger partial charge on any atom is -0.310 e. The monoisotopic (exact) mass is 856 g/mol.